The Bertz CT molecular complexity index is 326. The van der Waals surface area contributed by atoms with Gasteiger partial charge in [-0.1, -0.05) is 12.2 Å². The first-order valence-corrected chi connectivity index (χ1v) is 6.52. The van der Waals surface area contributed by atoms with E-state index in [9.17, 15) is 0 Å². The monoisotopic (exact) mass is 222 g/mol. The molecule has 82 valence electrons. The number of aromatic nitrogens is 1. The van der Waals surface area contributed by atoms with Crippen LogP contribution in [0.1, 0.15) is 30.0 Å². The summed E-state index contributed by atoms with van der Waals surface area (Å²) < 4.78 is 0. The van der Waals surface area contributed by atoms with Gasteiger partial charge in [-0.25, -0.2) is 4.98 Å². The molecule has 0 bridgehead atoms. The number of nitrogens with one attached hydrogen (secondary N) is 1. The maximum Gasteiger partial charge on any atom is 0.0965 e. The summed E-state index contributed by atoms with van der Waals surface area (Å²) in [4.78, 5) is 4.42. The number of hydrogen-bond donors (Lipinski definition) is 1. The molecule has 2 nitrogen and oxygen atoms in total. The highest BCUT2D eigenvalue weighted by Crippen LogP contribution is 2.18. The molecule has 3 heteroatoms. The van der Waals surface area contributed by atoms with Crippen molar-refractivity contribution in [1.29, 1.82) is 0 Å². The zero-order chi connectivity index (χ0) is 10.5. The zero-order valence-corrected chi connectivity index (χ0v) is 10.0. The first-order chi connectivity index (χ1) is 7.34. The van der Waals surface area contributed by atoms with Crippen LogP contribution in [-0.2, 0) is 6.42 Å². The summed E-state index contributed by atoms with van der Waals surface area (Å²) in [5, 5.41) is 6.83. The van der Waals surface area contributed by atoms with Gasteiger partial charge in [0.25, 0.3) is 0 Å². The lowest BCUT2D eigenvalue weighted by atomic mass is 10.3. The molecule has 1 fully saturated rings. The first-order valence-electron chi connectivity index (χ1n) is 5.64. The molecule has 2 rings (SSSR count). The molecule has 0 saturated heterocycles. The normalized spacial score (nSPS) is 16.3. The molecule has 0 aliphatic heterocycles. The summed E-state index contributed by atoms with van der Waals surface area (Å²) in [6.45, 7) is 3.17. The van der Waals surface area contributed by atoms with Gasteiger partial charge in [-0.2, -0.15) is 0 Å². The van der Waals surface area contributed by atoms with Gasteiger partial charge in [-0.05, 0) is 32.7 Å². The van der Waals surface area contributed by atoms with E-state index in [2.05, 4.69) is 27.8 Å². The van der Waals surface area contributed by atoms with Crippen LogP contribution >= 0.6 is 11.3 Å². The second-order valence-corrected chi connectivity index (χ2v) is 5.02. The molecule has 0 amide bonds. The lowest BCUT2D eigenvalue weighted by molar-refractivity contribution is 0.690. The molecule has 1 saturated carbocycles. The van der Waals surface area contributed by atoms with Gasteiger partial charge in [0.15, 0.2) is 0 Å². The maximum absolute atomic E-state index is 4.42. The van der Waals surface area contributed by atoms with E-state index in [0.717, 1.165) is 31.1 Å². The van der Waals surface area contributed by atoms with E-state index >= 15 is 0 Å². The zero-order valence-electron chi connectivity index (χ0n) is 9.20. The highest BCUT2D eigenvalue weighted by molar-refractivity contribution is 7.09. The molecule has 1 aromatic heterocycles. The second kappa shape index (κ2) is 5.42. The smallest absolute Gasteiger partial charge is 0.0965 e. The fraction of sp³-hybridized carbons (Fsp3) is 0.583. The lowest BCUT2D eigenvalue weighted by Crippen LogP contribution is -2.16. The molecule has 0 unspecified atom stereocenters. The Hall–Kier alpha value is -0.670. The fourth-order valence-corrected chi connectivity index (χ4v) is 2.21. The van der Waals surface area contributed by atoms with Crippen molar-refractivity contribution in [2.75, 3.05) is 6.54 Å². The molecule has 0 aromatic carbocycles. The van der Waals surface area contributed by atoms with Crippen molar-refractivity contribution >= 4 is 11.3 Å². The quantitative estimate of drug-likeness (QED) is 0.591. The minimum absolute atomic E-state index is 0.833. The summed E-state index contributed by atoms with van der Waals surface area (Å²) in [5.41, 5.74) is 1.14. The lowest BCUT2D eigenvalue weighted by Gasteiger charge is -1.96. The van der Waals surface area contributed by atoms with E-state index in [0.29, 0.717) is 0 Å². The highest BCUT2D eigenvalue weighted by atomic mass is 32.1. The Kier molecular flexibility index (Phi) is 3.92. The Morgan fingerprint density at radius 2 is 2.40 bits per heavy atom. The van der Waals surface area contributed by atoms with Crippen LogP contribution in [0.15, 0.2) is 17.5 Å². The Labute approximate surface area is 95.4 Å². The van der Waals surface area contributed by atoms with Crippen molar-refractivity contribution < 1.29 is 0 Å². The fourth-order valence-electron chi connectivity index (χ4n) is 1.46. The van der Waals surface area contributed by atoms with Gasteiger partial charge < -0.3 is 5.32 Å². The van der Waals surface area contributed by atoms with Gasteiger partial charge in [-0.3, -0.25) is 0 Å². The van der Waals surface area contributed by atoms with E-state index in [4.69, 9.17) is 0 Å². The van der Waals surface area contributed by atoms with E-state index in [1.54, 1.807) is 11.3 Å². The average molecular weight is 222 g/mol. The van der Waals surface area contributed by atoms with Gasteiger partial charge in [-0.15, -0.1) is 11.3 Å². The van der Waals surface area contributed by atoms with Gasteiger partial charge in [0.2, 0.25) is 0 Å². The molecule has 1 aliphatic carbocycles. The first kappa shape index (κ1) is 10.8. The van der Waals surface area contributed by atoms with Crippen molar-refractivity contribution in [2.24, 2.45) is 0 Å². The van der Waals surface area contributed by atoms with E-state index in [1.165, 1.54) is 17.8 Å². The van der Waals surface area contributed by atoms with Crippen LogP contribution < -0.4 is 5.32 Å². The highest BCUT2D eigenvalue weighted by Gasteiger charge is 2.19. The molecular weight excluding hydrogens is 204 g/mol. The van der Waals surface area contributed by atoms with Crippen molar-refractivity contribution in [3.05, 3.63) is 28.2 Å². The third-order valence-electron chi connectivity index (χ3n) is 2.45. The van der Waals surface area contributed by atoms with Crippen LogP contribution in [0.5, 0.6) is 0 Å². The summed E-state index contributed by atoms with van der Waals surface area (Å²) in [6.07, 6.45) is 9.37. The van der Waals surface area contributed by atoms with Gasteiger partial charge in [0.05, 0.1) is 5.01 Å². The molecule has 0 atom stereocenters. The van der Waals surface area contributed by atoms with Crippen LogP contribution in [0.25, 0.3) is 0 Å². The third kappa shape index (κ3) is 4.14. The summed E-state index contributed by atoms with van der Waals surface area (Å²) in [5.74, 6) is 0. The van der Waals surface area contributed by atoms with Crippen molar-refractivity contribution in [2.45, 2.75) is 38.6 Å². The number of rotatable bonds is 6. The summed E-state index contributed by atoms with van der Waals surface area (Å²) in [7, 11) is 0. The number of nitrogens with zero attached hydrogens (tertiary/aromatic N) is 1. The van der Waals surface area contributed by atoms with Crippen LogP contribution in [0.4, 0.5) is 0 Å². The van der Waals surface area contributed by atoms with Crippen LogP contribution in [0.3, 0.4) is 0 Å². The van der Waals surface area contributed by atoms with Crippen LogP contribution in [-0.4, -0.2) is 17.6 Å². The topological polar surface area (TPSA) is 24.9 Å². The molecule has 1 heterocycles. The maximum atomic E-state index is 4.42. The average Bonchev–Trinajstić information content (AvgIpc) is 2.95. The van der Waals surface area contributed by atoms with Crippen molar-refractivity contribution in [1.82, 2.24) is 10.3 Å². The number of aryl methyl sites for hydroxylation is 1. The molecule has 1 aliphatic rings. The van der Waals surface area contributed by atoms with E-state index < -0.39 is 0 Å². The van der Waals surface area contributed by atoms with Crippen molar-refractivity contribution in [3.8, 4) is 0 Å². The molecule has 1 N–H and O–H groups in total. The molecule has 15 heavy (non-hydrogen) atoms. The molecular formula is C12H18N2S. The Morgan fingerprint density at radius 3 is 3.07 bits per heavy atom. The SMILES string of the molecule is Cc1csc(CC=CCCNC2CC2)n1. The second-order valence-electron chi connectivity index (χ2n) is 4.08. The standard InChI is InChI=1S/C12H18N2S/c1-10-9-15-12(14-10)5-3-2-4-8-13-11-6-7-11/h2-3,9,11,13H,4-8H2,1H3. The van der Waals surface area contributed by atoms with E-state index in [-0.39, 0.29) is 0 Å². The van der Waals surface area contributed by atoms with Crippen LogP contribution in [0.2, 0.25) is 0 Å². The number of hydrogen-bond acceptors (Lipinski definition) is 3. The van der Waals surface area contributed by atoms with Gasteiger partial charge in [0, 0.05) is 23.5 Å². The van der Waals surface area contributed by atoms with Gasteiger partial charge in [0.1, 0.15) is 0 Å². The molecule has 0 radical (unpaired) electrons. The largest absolute Gasteiger partial charge is 0.314 e. The number of allylic oxidation sites excluding steroid dienone is 1. The Morgan fingerprint density at radius 1 is 1.53 bits per heavy atom. The minimum atomic E-state index is 0.833. The Balaban J connectivity index is 1.57. The predicted octanol–water partition coefficient (Wildman–Crippen LogP) is 2.69. The van der Waals surface area contributed by atoms with E-state index in [1.807, 2.05) is 6.92 Å². The predicted molar refractivity (Wildman–Crippen MR) is 65.3 cm³/mol. The number of thiazole rings is 1. The van der Waals surface area contributed by atoms with Crippen molar-refractivity contribution in [3.63, 3.8) is 0 Å². The minimum Gasteiger partial charge on any atom is -0.314 e. The summed E-state index contributed by atoms with van der Waals surface area (Å²) in [6, 6.07) is 0.833. The van der Waals surface area contributed by atoms with Gasteiger partial charge >= 0.3 is 0 Å². The summed E-state index contributed by atoms with van der Waals surface area (Å²) >= 11 is 1.75. The molecule has 1 aromatic rings. The van der Waals surface area contributed by atoms with Crippen LogP contribution in [0, 0.1) is 6.92 Å². The molecule has 0 spiro atoms. The third-order valence-corrected chi connectivity index (χ3v) is 3.44.